The van der Waals surface area contributed by atoms with Gasteiger partial charge in [-0.25, -0.2) is 9.97 Å². The summed E-state index contributed by atoms with van der Waals surface area (Å²) in [7, 11) is 1.66. The summed E-state index contributed by atoms with van der Waals surface area (Å²) >= 11 is 4.48. The second kappa shape index (κ2) is 6.14. The van der Waals surface area contributed by atoms with Gasteiger partial charge in [-0.2, -0.15) is 4.98 Å². The Kier molecular flexibility index (Phi) is 4.50. The SMILES string of the molecule is CNc1nc(C)c([N+](=O)[O-])c(Sc2ncccc2Br)n1. The molecule has 0 amide bonds. The van der Waals surface area contributed by atoms with Gasteiger partial charge in [-0.15, -0.1) is 0 Å². The topological polar surface area (TPSA) is 93.8 Å². The fourth-order valence-electron chi connectivity index (χ4n) is 1.47. The summed E-state index contributed by atoms with van der Waals surface area (Å²) < 4.78 is 0.751. The Morgan fingerprint density at radius 2 is 2.15 bits per heavy atom. The number of pyridine rings is 1. The van der Waals surface area contributed by atoms with Crippen LogP contribution in [0.15, 0.2) is 32.9 Å². The maximum absolute atomic E-state index is 11.2. The highest BCUT2D eigenvalue weighted by atomic mass is 79.9. The molecule has 0 saturated carbocycles. The molecule has 0 aliphatic carbocycles. The van der Waals surface area contributed by atoms with Crippen molar-refractivity contribution in [3.05, 3.63) is 38.6 Å². The van der Waals surface area contributed by atoms with Crippen LogP contribution in [0.5, 0.6) is 0 Å². The summed E-state index contributed by atoms with van der Waals surface area (Å²) in [4.78, 5) is 23.0. The van der Waals surface area contributed by atoms with Crippen LogP contribution in [-0.4, -0.2) is 26.9 Å². The number of nitro groups is 1. The third kappa shape index (κ3) is 3.05. The highest BCUT2D eigenvalue weighted by Gasteiger charge is 2.23. The fourth-order valence-corrected chi connectivity index (χ4v) is 2.88. The monoisotopic (exact) mass is 355 g/mol. The van der Waals surface area contributed by atoms with Crippen molar-refractivity contribution in [3.8, 4) is 0 Å². The minimum atomic E-state index is -0.478. The zero-order valence-corrected chi connectivity index (χ0v) is 13.0. The number of rotatable bonds is 4. The van der Waals surface area contributed by atoms with E-state index in [0.29, 0.717) is 16.7 Å². The predicted octanol–water partition coefficient (Wildman–Crippen LogP) is 3.04. The third-order valence-electron chi connectivity index (χ3n) is 2.35. The molecular weight excluding hydrogens is 346 g/mol. The third-order valence-corrected chi connectivity index (χ3v) is 4.25. The second-order valence-corrected chi connectivity index (χ2v) is 5.52. The molecule has 9 heteroatoms. The van der Waals surface area contributed by atoms with Crippen molar-refractivity contribution in [2.75, 3.05) is 12.4 Å². The summed E-state index contributed by atoms with van der Waals surface area (Å²) in [6, 6.07) is 3.58. The molecule has 0 spiro atoms. The Morgan fingerprint density at radius 3 is 2.75 bits per heavy atom. The van der Waals surface area contributed by atoms with Gasteiger partial charge in [0.1, 0.15) is 10.7 Å². The molecule has 0 aromatic carbocycles. The van der Waals surface area contributed by atoms with Gasteiger partial charge in [-0.1, -0.05) is 0 Å². The van der Waals surface area contributed by atoms with Crippen molar-refractivity contribution in [1.29, 1.82) is 0 Å². The number of halogens is 1. The molecule has 104 valence electrons. The van der Waals surface area contributed by atoms with Gasteiger partial charge in [0.2, 0.25) is 5.95 Å². The van der Waals surface area contributed by atoms with Gasteiger partial charge >= 0.3 is 5.69 Å². The van der Waals surface area contributed by atoms with E-state index in [1.165, 1.54) is 0 Å². The van der Waals surface area contributed by atoms with Crippen molar-refractivity contribution in [2.45, 2.75) is 17.0 Å². The standard InChI is InChI=1S/C11H10BrN5O2S/c1-6-8(17(18)19)10(16-11(13-2)15-6)20-9-7(12)4-3-5-14-9/h3-5H,1-2H3,(H,13,15,16). The van der Waals surface area contributed by atoms with Gasteiger partial charge in [-0.05, 0) is 46.7 Å². The Labute approximate surface area is 127 Å². The van der Waals surface area contributed by atoms with E-state index in [2.05, 4.69) is 36.2 Å². The van der Waals surface area contributed by atoms with Crippen LogP contribution in [0.3, 0.4) is 0 Å². The Hall–Kier alpha value is -1.74. The number of aryl methyl sites for hydroxylation is 1. The van der Waals surface area contributed by atoms with Crippen LogP contribution in [0.4, 0.5) is 11.6 Å². The fraction of sp³-hybridized carbons (Fsp3) is 0.182. The van der Waals surface area contributed by atoms with Crippen LogP contribution in [0.2, 0.25) is 0 Å². The number of hydrogen-bond acceptors (Lipinski definition) is 7. The van der Waals surface area contributed by atoms with E-state index in [0.717, 1.165) is 16.2 Å². The van der Waals surface area contributed by atoms with Crippen LogP contribution < -0.4 is 5.32 Å². The first kappa shape index (κ1) is 14.7. The molecule has 0 bridgehead atoms. The van der Waals surface area contributed by atoms with E-state index in [9.17, 15) is 10.1 Å². The summed E-state index contributed by atoms with van der Waals surface area (Å²) in [6.45, 7) is 1.58. The highest BCUT2D eigenvalue weighted by molar-refractivity contribution is 9.10. The number of nitrogens with one attached hydrogen (secondary N) is 1. The van der Waals surface area contributed by atoms with Crippen LogP contribution in [0.1, 0.15) is 5.69 Å². The maximum atomic E-state index is 11.2. The normalized spacial score (nSPS) is 10.3. The lowest BCUT2D eigenvalue weighted by atomic mass is 10.4. The molecule has 0 saturated heterocycles. The van der Waals surface area contributed by atoms with Gasteiger partial charge in [-0.3, -0.25) is 10.1 Å². The van der Waals surface area contributed by atoms with E-state index in [1.807, 2.05) is 6.07 Å². The van der Waals surface area contributed by atoms with Crippen molar-refractivity contribution < 1.29 is 4.92 Å². The Morgan fingerprint density at radius 1 is 1.40 bits per heavy atom. The van der Waals surface area contributed by atoms with Crippen LogP contribution in [-0.2, 0) is 0 Å². The van der Waals surface area contributed by atoms with Gasteiger partial charge < -0.3 is 5.32 Å². The second-order valence-electron chi connectivity index (χ2n) is 3.69. The van der Waals surface area contributed by atoms with Crippen molar-refractivity contribution in [3.63, 3.8) is 0 Å². The zero-order chi connectivity index (χ0) is 14.7. The van der Waals surface area contributed by atoms with E-state index in [1.54, 1.807) is 26.2 Å². The quantitative estimate of drug-likeness (QED) is 0.511. The Bertz CT molecular complexity index is 667. The summed E-state index contributed by atoms with van der Waals surface area (Å²) in [6.07, 6.45) is 1.62. The van der Waals surface area contributed by atoms with E-state index < -0.39 is 4.92 Å². The molecule has 0 aliphatic rings. The predicted molar refractivity (Wildman–Crippen MR) is 79.0 cm³/mol. The van der Waals surface area contributed by atoms with E-state index >= 15 is 0 Å². The lowest BCUT2D eigenvalue weighted by Gasteiger charge is -2.07. The largest absolute Gasteiger partial charge is 0.357 e. The molecule has 1 N–H and O–H groups in total. The first-order valence-corrected chi connectivity index (χ1v) is 7.13. The lowest BCUT2D eigenvalue weighted by molar-refractivity contribution is -0.389. The smallest absolute Gasteiger partial charge is 0.322 e. The molecule has 0 fully saturated rings. The Balaban J connectivity index is 2.52. The van der Waals surface area contributed by atoms with Gasteiger partial charge in [0.15, 0.2) is 5.03 Å². The van der Waals surface area contributed by atoms with Crippen molar-refractivity contribution in [1.82, 2.24) is 15.0 Å². The maximum Gasteiger partial charge on any atom is 0.322 e. The molecule has 2 rings (SSSR count). The number of nitrogens with zero attached hydrogens (tertiary/aromatic N) is 4. The van der Waals surface area contributed by atoms with Gasteiger partial charge in [0.05, 0.1) is 9.40 Å². The molecular formula is C11H10BrN5O2S. The summed E-state index contributed by atoms with van der Waals surface area (Å²) in [5, 5.41) is 14.8. The number of hydrogen-bond donors (Lipinski definition) is 1. The van der Waals surface area contributed by atoms with Gasteiger partial charge in [0.25, 0.3) is 0 Å². The van der Waals surface area contributed by atoms with Crippen LogP contribution in [0.25, 0.3) is 0 Å². The van der Waals surface area contributed by atoms with Crippen molar-refractivity contribution in [2.24, 2.45) is 0 Å². The summed E-state index contributed by atoms with van der Waals surface area (Å²) in [5.74, 6) is 0.336. The molecule has 0 unspecified atom stereocenters. The molecule has 0 atom stereocenters. The molecule has 0 aliphatic heterocycles. The van der Waals surface area contributed by atoms with E-state index in [4.69, 9.17) is 0 Å². The van der Waals surface area contributed by atoms with Crippen molar-refractivity contribution >= 4 is 39.3 Å². The number of anilines is 1. The summed E-state index contributed by atoms with van der Waals surface area (Å²) in [5.41, 5.74) is 0.204. The van der Waals surface area contributed by atoms with Crippen LogP contribution in [0, 0.1) is 17.0 Å². The number of aromatic nitrogens is 3. The van der Waals surface area contributed by atoms with Crippen LogP contribution >= 0.6 is 27.7 Å². The molecule has 20 heavy (non-hydrogen) atoms. The average Bonchev–Trinajstić information content (AvgIpc) is 2.40. The molecule has 0 radical (unpaired) electrons. The lowest BCUT2D eigenvalue weighted by Crippen LogP contribution is -2.04. The minimum Gasteiger partial charge on any atom is -0.357 e. The molecule has 2 aromatic heterocycles. The molecule has 2 heterocycles. The minimum absolute atomic E-state index is 0.105. The molecule has 7 nitrogen and oxygen atoms in total. The first-order valence-electron chi connectivity index (χ1n) is 5.52. The van der Waals surface area contributed by atoms with E-state index in [-0.39, 0.29) is 10.7 Å². The zero-order valence-electron chi connectivity index (χ0n) is 10.6. The highest BCUT2D eigenvalue weighted by Crippen LogP contribution is 2.37. The van der Waals surface area contributed by atoms with Gasteiger partial charge in [0, 0.05) is 13.2 Å². The first-order chi connectivity index (χ1) is 9.52. The average molecular weight is 356 g/mol. The molecule has 2 aromatic rings.